The fraction of sp³-hybridized carbons (Fsp3) is 1.00. The second kappa shape index (κ2) is 6.58. The van der Waals surface area contributed by atoms with Crippen molar-refractivity contribution in [2.24, 2.45) is 0 Å². The van der Waals surface area contributed by atoms with Crippen LogP contribution in [0, 0.1) is 0 Å². The summed E-state index contributed by atoms with van der Waals surface area (Å²) in [7, 11) is 0. The minimum absolute atomic E-state index is 0.0139. The van der Waals surface area contributed by atoms with Crippen LogP contribution < -0.4 is 0 Å². The molecule has 0 rings (SSSR count). The molecule has 0 unspecified atom stereocenters. The van der Waals surface area contributed by atoms with E-state index in [0.29, 0.717) is 12.8 Å². The van der Waals surface area contributed by atoms with Crippen LogP contribution in [0.25, 0.3) is 0 Å². The van der Waals surface area contributed by atoms with E-state index in [0.717, 1.165) is 12.8 Å². The van der Waals surface area contributed by atoms with Gasteiger partial charge in [-0.15, -0.1) is 0 Å². The van der Waals surface area contributed by atoms with E-state index in [1.807, 2.05) is 6.92 Å². The van der Waals surface area contributed by atoms with E-state index < -0.39 is 12.2 Å². The molecule has 0 aliphatic carbocycles. The van der Waals surface area contributed by atoms with Crippen molar-refractivity contribution in [3.05, 3.63) is 0 Å². The zero-order chi connectivity index (χ0) is 8.69. The summed E-state index contributed by atoms with van der Waals surface area (Å²) in [5.74, 6) is 0. The highest BCUT2D eigenvalue weighted by Crippen LogP contribution is 2.06. The second-order valence-corrected chi connectivity index (χ2v) is 2.84. The molecular weight excluding hydrogens is 144 g/mol. The van der Waals surface area contributed by atoms with Gasteiger partial charge in [-0.25, -0.2) is 0 Å². The van der Waals surface area contributed by atoms with Crippen LogP contribution in [0.4, 0.5) is 0 Å². The number of rotatable bonds is 6. The maximum absolute atomic E-state index is 9.20. The lowest BCUT2D eigenvalue weighted by atomic mass is 10.1. The molecule has 11 heavy (non-hydrogen) atoms. The van der Waals surface area contributed by atoms with Gasteiger partial charge in [-0.2, -0.15) is 0 Å². The number of aliphatic hydroxyl groups excluding tert-OH is 3. The van der Waals surface area contributed by atoms with Crippen molar-refractivity contribution in [2.75, 3.05) is 6.61 Å². The molecule has 0 aliphatic heterocycles. The van der Waals surface area contributed by atoms with Crippen molar-refractivity contribution in [1.82, 2.24) is 0 Å². The zero-order valence-electron chi connectivity index (χ0n) is 7.03. The molecule has 2 atom stereocenters. The Balaban J connectivity index is 3.32. The normalized spacial score (nSPS) is 16.4. The molecule has 0 amide bonds. The smallest absolute Gasteiger partial charge is 0.0586 e. The minimum atomic E-state index is -0.554. The lowest BCUT2D eigenvalue weighted by Gasteiger charge is -2.13. The highest BCUT2D eigenvalue weighted by Gasteiger charge is 2.09. The van der Waals surface area contributed by atoms with Crippen molar-refractivity contribution >= 4 is 0 Å². The average Bonchev–Trinajstić information content (AvgIpc) is 1.87. The molecular formula is C8H18O3. The lowest BCUT2D eigenvalue weighted by molar-refractivity contribution is 0.0601. The van der Waals surface area contributed by atoms with Gasteiger partial charge in [-0.05, 0) is 19.3 Å². The Morgan fingerprint density at radius 1 is 1.09 bits per heavy atom. The van der Waals surface area contributed by atoms with Gasteiger partial charge in [-0.3, -0.25) is 0 Å². The summed E-state index contributed by atoms with van der Waals surface area (Å²) in [5, 5.41) is 26.8. The van der Waals surface area contributed by atoms with Gasteiger partial charge in [0.2, 0.25) is 0 Å². The van der Waals surface area contributed by atoms with Crippen molar-refractivity contribution < 1.29 is 15.3 Å². The molecule has 3 N–H and O–H groups in total. The molecule has 0 saturated carbocycles. The first kappa shape index (κ1) is 10.9. The van der Waals surface area contributed by atoms with Crippen LogP contribution in [0.5, 0.6) is 0 Å². The molecule has 68 valence electrons. The molecule has 3 nitrogen and oxygen atoms in total. The van der Waals surface area contributed by atoms with E-state index in [1.54, 1.807) is 0 Å². The van der Waals surface area contributed by atoms with Gasteiger partial charge in [0, 0.05) is 6.61 Å². The van der Waals surface area contributed by atoms with Crippen LogP contribution in [0.3, 0.4) is 0 Å². The Morgan fingerprint density at radius 2 is 1.64 bits per heavy atom. The molecule has 0 radical (unpaired) electrons. The van der Waals surface area contributed by atoms with Gasteiger partial charge in [0.15, 0.2) is 0 Å². The number of aliphatic hydroxyl groups is 3. The van der Waals surface area contributed by atoms with Gasteiger partial charge in [0.05, 0.1) is 12.2 Å². The van der Waals surface area contributed by atoms with Gasteiger partial charge >= 0.3 is 0 Å². The van der Waals surface area contributed by atoms with Crippen molar-refractivity contribution in [3.63, 3.8) is 0 Å². The monoisotopic (exact) mass is 162 g/mol. The fourth-order valence-corrected chi connectivity index (χ4v) is 1.03. The molecule has 0 aliphatic rings. The maximum atomic E-state index is 9.20. The van der Waals surface area contributed by atoms with Gasteiger partial charge in [0.25, 0.3) is 0 Å². The average molecular weight is 162 g/mol. The fourth-order valence-electron chi connectivity index (χ4n) is 1.03. The largest absolute Gasteiger partial charge is 0.396 e. The number of hydrogen-bond donors (Lipinski definition) is 3. The third kappa shape index (κ3) is 6.28. The van der Waals surface area contributed by atoms with E-state index in [1.165, 1.54) is 0 Å². The molecule has 3 heteroatoms. The van der Waals surface area contributed by atoms with Crippen LogP contribution in [0.2, 0.25) is 0 Å². The summed E-state index contributed by atoms with van der Waals surface area (Å²) in [4.78, 5) is 0. The first-order valence-electron chi connectivity index (χ1n) is 4.17. The van der Waals surface area contributed by atoms with E-state index in [-0.39, 0.29) is 6.61 Å². The van der Waals surface area contributed by atoms with Crippen LogP contribution in [-0.2, 0) is 0 Å². The molecule has 0 fully saturated rings. The topological polar surface area (TPSA) is 60.7 Å². The van der Waals surface area contributed by atoms with Crippen LogP contribution in [0.1, 0.15) is 32.6 Å². The van der Waals surface area contributed by atoms with Gasteiger partial charge in [-0.1, -0.05) is 13.3 Å². The summed E-state index contributed by atoms with van der Waals surface area (Å²) in [6.07, 6.45) is 1.42. The van der Waals surface area contributed by atoms with E-state index in [9.17, 15) is 5.11 Å². The third-order valence-electron chi connectivity index (χ3n) is 1.63. The van der Waals surface area contributed by atoms with Crippen LogP contribution in [-0.4, -0.2) is 34.1 Å². The minimum Gasteiger partial charge on any atom is -0.396 e. The van der Waals surface area contributed by atoms with Crippen molar-refractivity contribution in [3.8, 4) is 0 Å². The molecule has 0 bridgehead atoms. The van der Waals surface area contributed by atoms with E-state index in [4.69, 9.17) is 10.2 Å². The molecule has 0 aromatic heterocycles. The first-order chi connectivity index (χ1) is 5.20. The Hall–Kier alpha value is -0.120. The summed E-state index contributed by atoms with van der Waals surface area (Å²) in [6, 6.07) is 0. The van der Waals surface area contributed by atoms with Gasteiger partial charge < -0.3 is 15.3 Å². The third-order valence-corrected chi connectivity index (χ3v) is 1.63. The zero-order valence-corrected chi connectivity index (χ0v) is 7.03. The Morgan fingerprint density at radius 3 is 2.09 bits per heavy atom. The highest BCUT2D eigenvalue weighted by molar-refractivity contribution is 4.62. The maximum Gasteiger partial charge on any atom is 0.0586 e. The van der Waals surface area contributed by atoms with Crippen molar-refractivity contribution in [1.29, 1.82) is 0 Å². The first-order valence-corrected chi connectivity index (χ1v) is 4.17. The van der Waals surface area contributed by atoms with Gasteiger partial charge in [0.1, 0.15) is 0 Å². The van der Waals surface area contributed by atoms with Crippen LogP contribution in [0.15, 0.2) is 0 Å². The van der Waals surface area contributed by atoms with Crippen molar-refractivity contribution in [2.45, 2.75) is 44.8 Å². The second-order valence-electron chi connectivity index (χ2n) is 2.84. The lowest BCUT2D eigenvalue weighted by Crippen LogP contribution is -2.18. The van der Waals surface area contributed by atoms with Crippen LogP contribution >= 0.6 is 0 Å². The SMILES string of the molecule is CCC[C@H](O)C[C@@H](O)CCO. The van der Waals surface area contributed by atoms with E-state index >= 15 is 0 Å². The molecule has 0 aromatic carbocycles. The summed E-state index contributed by atoms with van der Waals surface area (Å²) < 4.78 is 0. The standard InChI is InChI=1S/C8H18O3/c1-2-3-7(10)6-8(11)4-5-9/h7-11H,2-6H2,1H3/t7-,8-/m0/s1. The quantitative estimate of drug-likeness (QED) is 0.525. The molecule has 0 spiro atoms. The molecule has 0 aromatic rings. The predicted molar refractivity (Wildman–Crippen MR) is 43.2 cm³/mol. The Bertz CT molecular complexity index is 75.4. The molecule has 0 saturated heterocycles. The van der Waals surface area contributed by atoms with E-state index in [2.05, 4.69) is 0 Å². The Kier molecular flexibility index (Phi) is 6.51. The Labute approximate surface area is 67.7 Å². The summed E-state index contributed by atoms with van der Waals surface area (Å²) in [5.41, 5.74) is 0. The number of hydrogen-bond acceptors (Lipinski definition) is 3. The molecule has 0 heterocycles. The predicted octanol–water partition coefficient (Wildman–Crippen LogP) is 0.281. The summed E-state index contributed by atoms with van der Waals surface area (Å²) >= 11 is 0. The highest BCUT2D eigenvalue weighted by atomic mass is 16.3. The summed E-state index contributed by atoms with van der Waals surface area (Å²) in [6.45, 7) is 1.97.